The van der Waals surface area contributed by atoms with Gasteiger partial charge in [0.1, 0.15) is 0 Å². The summed E-state index contributed by atoms with van der Waals surface area (Å²) in [7, 11) is 0. The Kier molecular flexibility index (Phi) is 11.6. The molecular weight excluding hydrogens is 428 g/mol. The lowest BCUT2D eigenvalue weighted by molar-refractivity contribution is -0.137. The summed E-state index contributed by atoms with van der Waals surface area (Å²) in [4.78, 5) is 19.9. The lowest BCUT2D eigenvalue weighted by Gasteiger charge is -2.22. The molecule has 2 aromatic rings. The first-order valence-electron chi connectivity index (χ1n) is 12.7. The third-order valence-electron chi connectivity index (χ3n) is 6.10. The van der Waals surface area contributed by atoms with Crippen molar-refractivity contribution in [3.05, 3.63) is 54.9 Å². The number of benzene rings is 1. The van der Waals surface area contributed by atoms with Crippen LogP contribution in [0, 0.1) is 0 Å². The summed E-state index contributed by atoms with van der Waals surface area (Å²) in [5.41, 5.74) is 2.18. The molecule has 0 spiro atoms. The van der Waals surface area contributed by atoms with Crippen LogP contribution in [-0.4, -0.2) is 35.3 Å². The molecule has 0 amide bonds. The van der Waals surface area contributed by atoms with Gasteiger partial charge in [-0.1, -0.05) is 75.8 Å². The van der Waals surface area contributed by atoms with Gasteiger partial charge in [0.25, 0.3) is 0 Å². The summed E-state index contributed by atoms with van der Waals surface area (Å²) >= 11 is 0. The third-order valence-corrected chi connectivity index (χ3v) is 6.10. The lowest BCUT2D eigenvalue weighted by Crippen LogP contribution is -2.16. The van der Waals surface area contributed by atoms with Crippen LogP contribution in [-0.2, 0) is 20.9 Å². The fourth-order valence-electron chi connectivity index (χ4n) is 4.07. The predicted molar refractivity (Wildman–Crippen MR) is 133 cm³/mol. The number of aromatic nitrogens is 2. The average Bonchev–Trinajstić information content (AvgIpc) is 2.89. The van der Waals surface area contributed by atoms with E-state index < -0.39 is 0 Å². The van der Waals surface area contributed by atoms with Crippen molar-refractivity contribution in [3.8, 4) is 17.1 Å². The molecular formula is C28H38N2O4. The second-order valence-electron chi connectivity index (χ2n) is 8.85. The van der Waals surface area contributed by atoms with Gasteiger partial charge in [-0.15, -0.1) is 0 Å². The first-order valence-corrected chi connectivity index (χ1v) is 12.7. The number of carbonyl (C=O) groups excluding carboxylic acids is 1. The second kappa shape index (κ2) is 15.2. The average molecular weight is 467 g/mol. The number of unbranched alkanes of at least 4 members (excludes halogenated alkanes) is 5. The molecule has 1 aliphatic carbocycles. The number of hydrogen-bond acceptors (Lipinski definition) is 6. The molecule has 0 unspecified atom stereocenters. The number of rotatable bonds is 15. The molecule has 0 N–H and O–H groups in total. The first kappa shape index (κ1) is 25.9. The van der Waals surface area contributed by atoms with Crippen molar-refractivity contribution < 1.29 is 19.0 Å². The molecule has 1 heterocycles. The standard InChI is InChI=1S/C28H38N2O4/c1-2-27(31)33-19-11-6-4-3-5-10-18-32-26-20-29-28(30-21-26)24-16-14-23(15-17-24)22-34-25-12-8-7-9-13-25/h2,14-17,20-21,25H,1,3-13,18-19,22H2. The molecule has 6 nitrogen and oxygen atoms in total. The molecule has 34 heavy (non-hydrogen) atoms. The molecule has 1 aromatic carbocycles. The number of carbonyl (C=O) groups is 1. The SMILES string of the molecule is C=CC(=O)OCCCCCCCCOc1cnc(-c2ccc(COC3CCCCC3)cc2)nc1. The van der Waals surface area contributed by atoms with Crippen LogP contribution >= 0.6 is 0 Å². The van der Waals surface area contributed by atoms with E-state index in [1.807, 2.05) is 0 Å². The summed E-state index contributed by atoms with van der Waals surface area (Å²) in [6.45, 7) is 5.19. The van der Waals surface area contributed by atoms with E-state index >= 15 is 0 Å². The van der Waals surface area contributed by atoms with E-state index in [0.29, 0.717) is 37.5 Å². The molecule has 1 saturated carbocycles. The Morgan fingerprint density at radius 1 is 0.912 bits per heavy atom. The number of nitrogens with zero attached hydrogens (tertiary/aromatic N) is 2. The lowest BCUT2D eigenvalue weighted by atomic mass is 9.98. The molecule has 0 bridgehead atoms. The zero-order chi connectivity index (χ0) is 23.8. The third kappa shape index (κ3) is 9.64. The summed E-state index contributed by atoms with van der Waals surface area (Å²) in [5, 5.41) is 0. The van der Waals surface area contributed by atoms with Gasteiger partial charge in [0.15, 0.2) is 11.6 Å². The Morgan fingerprint density at radius 3 is 2.24 bits per heavy atom. The highest BCUT2D eigenvalue weighted by Gasteiger charge is 2.13. The van der Waals surface area contributed by atoms with Gasteiger partial charge in [0, 0.05) is 11.6 Å². The minimum Gasteiger partial charge on any atom is -0.490 e. The number of ether oxygens (including phenoxy) is 3. The van der Waals surface area contributed by atoms with Crippen molar-refractivity contribution in [2.45, 2.75) is 83.3 Å². The Labute approximate surface area is 203 Å². The predicted octanol–water partition coefficient (Wildman–Crippen LogP) is 6.44. The first-order chi connectivity index (χ1) is 16.7. The molecule has 184 valence electrons. The van der Waals surface area contributed by atoms with Crippen LogP contribution in [0.15, 0.2) is 49.3 Å². The van der Waals surface area contributed by atoms with E-state index in [-0.39, 0.29) is 5.97 Å². The maximum absolute atomic E-state index is 10.9. The van der Waals surface area contributed by atoms with Crippen molar-refractivity contribution in [3.63, 3.8) is 0 Å². The van der Waals surface area contributed by atoms with Crippen LogP contribution in [0.2, 0.25) is 0 Å². The normalized spacial score (nSPS) is 14.0. The summed E-state index contributed by atoms with van der Waals surface area (Å²) in [6.07, 6.45) is 17.8. The zero-order valence-electron chi connectivity index (χ0n) is 20.3. The second-order valence-corrected chi connectivity index (χ2v) is 8.85. The minimum atomic E-state index is -0.345. The molecule has 0 saturated heterocycles. The largest absolute Gasteiger partial charge is 0.490 e. The molecule has 0 aliphatic heterocycles. The van der Waals surface area contributed by atoms with E-state index in [2.05, 4.69) is 40.8 Å². The molecule has 1 aromatic heterocycles. The van der Waals surface area contributed by atoms with Crippen LogP contribution in [0.4, 0.5) is 0 Å². The number of hydrogen-bond donors (Lipinski definition) is 0. The van der Waals surface area contributed by atoms with Crippen molar-refractivity contribution in [1.82, 2.24) is 9.97 Å². The fourth-order valence-corrected chi connectivity index (χ4v) is 4.07. The molecule has 3 rings (SSSR count). The Bertz CT molecular complexity index is 846. The highest BCUT2D eigenvalue weighted by atomic mass is 16.5. The van der Waals surface area contributed by atoms with Crippen LogP contribution in [0.1, 0.15) is 76.2 Å². The van der Waals surface area contributed by atoms with Crippen molar-refractivity contribution in [2.24, 2.45) is 0 Å². The summed E-state index contributed by atoms with van der Waals surface area (Å²) in [5.74, 6) is 1.05. The van der Waals surface area contributed by atoms with Gasteiger partial charge in [-0.3, -0.25) is 0 Å². The van der Waals surface area contributed by atoms with Gasteiger partial charge < -0.3 is 14.2 Å². The summed E-state index contributed by atoms with van der Waals surface area (Å²) in [6, 6.07) is 8.30. The van der Waals surface area contributed by atoms with E-state index in [1.54, 1.807) is 12.4 Å². The summed E-state index contributed by atoms with van der Waals surface area (Å²) < 4.78 is 16.8. The zero-order valence-corrected chi connectivity index (χ0v) is 20.3. The van der Waals surface area contributed by atoms with Gasteiger partial charge in [-0.05, 0) is 31.2 Å². The Balaban J connectivity index is 1.27. The van der Waals surface area contributed by atoms with Gasteiger partial charge in [-0.25, -0.2) is 14.8 Å². The molecule has 1 fully saturated rings. The van der Waals surface area contributed by atoms with Gasteiger partial charge in [-0.2, -0.15) is 0 Å². The maximum atomic E-state index is 10.9. The van der Waals surface area contributed by atoms with Crippen LogP contribution in [0.3, 0.4) is 0 Å². The van der Waals surface area contributed by atoms with Gasteiger partial charge >= 0.3 is 5.97 Å². The monoisotopic (exact) mass is 466 g/mol. The van der Waals surface area contributed by atoms with Crippen molar-refractivity contribution in [2.75, 3.05) is 13.2 Å². The van der Waals surface area contributed by atoms with E-state index in [4.69, 9.17) is 14.2 Å². The van der Waals surface area contributed by atoms with Crippen LogP contribution in [0.5, 0.6) is 5.75 Å². The highest BCUT2D eigenvalue weighted by molar-refractivity contribution is 5.81. The molecule has 0 radical (unpaired) electrons. The van der Waals surface area contributed by atoms with Crippen LogP contribution in [0.25, 0.3) is 11.4 Å². The number of esters is 1. The molecule has 1 aliphatic rings. The minimum absolute atomic E-state index is 0.345. The topological polar surface area (TPSA) is 70.5 Å². The quantitative estimate of drug-likeness (QED) is 0.171. The van der Waals surface area contributed by atoms with Gasteiger partial charge in [0.05, 0.1) is 38.3 Å². The maximum Gasteiger partial charge on any atom is 0.330 e. The van der Waals surface area contributed by atoms with E-state index in [1.165, 1.54) is 43.7 Å². The van der Waals surface area contributed by atoms with Gasteiger partial charge in [0.2, 0.25) is 0 Å². The van der Waals surface area contributed by atoms with E-state index in [0.717, 1.165) is 44.1 Å². The Hall–Kier alpha value is -2.73. The van der Waals surface area contributed by atoms with E-state index in [9.17, 15) is 4.79 Å². The molecule has 0 atom stereocenters. The van der Waals surface area contributed by atoms with Crippen molar-refractivity contribution in [1.29, 1.82) is 0 Å². The highest BCUT2D eigenvalue weighted by Crippen LogP contribution is 2.22. The Morgan fingerprint density at radius 2 is 1.56 bits per heavy atom. The molecule has 6 heteroatoms. The van der Waals surface area contributed by atoms with Crippen LogP contribution < -0.4 is 4.74 Å². The fraction of sp³-hybridized carbons (Fsp3) is 0.536. The smallest absolute Gasteiger partial charge is 0.330 e. The van der Waals surface area contributed by atoms with Crippen molar-refractivity contribution >= 4 is 5.97 Å².